The number of likely N-dealkylation sites (tertiary alicyclic amines) is 1. The number of benzene rings is 3. The Morgan fingerprint density at radius 1 is 0.919 bits per heavy atom. The Morgan fingerprint density at radius 3 is 2.38 bits per heavy atom. The molecule has 2 saturated heterocycles. The van der Waals surface area contributed by atoms with E-state index in [0.29, 0.717) is 44.7 Å². The Labute approximate surface area is 218 Å². The summed E-state index contributed by atoms with van der Waals surface area (Å²) in [5.74, 6) is -0.162. The fourth-order valence-electron chi connectivity index (χ4n) is 5.62. The molecule has 0 bridgehead atoms. The van der Waals surface area contributed by atoms with E-state index in [4.69, 9.17) is 0 Å². The van der Waals surface area contributed by atoms with Crippen LogP contribution in [0.4, 0.5) is 5.69 Å². The van der Waals surface area contributed by atoms with Crippen LogP contribution in [0.25, 0.3) is 10.8 Å². The van der Waals surface area contributed by atoms with Gasteiger partial charge in [0.2, 0.25) is 5.91 Å². The standard InChI is InChI=1S/C30H34N4O3/c1-2-3-18-31-27(35)21-33-22-34(24-12-5-4-6-13-24)30(29(33)37)16-19-32(20-17-30)28(36)26-15-9-11-23-10-7-8-14-25(23)26/h4-15H,2-3,16-22H2,1H3,(H,31,35). The van der Waals surface area contributed by atoms with Crippen molar-refractivity contribution < 1.29 is 14.4 Å². The lowest BCUT2D eigenvalue weighted by Crippen LogP contribution is -2.57. The van der Waals surface area contributed by atoms with Crippen molar-refractivity contribution in [2.75, 3.05) is 37.7 Å². The fraction of sp³-hybridized carbons (Fsp3) is 0.367. The second-order valence-electron chi connectivity index (χ2n) is 9.96. The first-order valence-corrected chi connectivity index (χ1v) is 13.2. The van der Waals surface area contributed by atoms with Gasteiger partial charge >= 0.3 is 0 Å². The first kappa shape index (κ1) is 24.8. The van der Waals surface area contributed by atoms with E-state index in [1.54, 1.807) is 4.90 Å². The van der Waals surface area contributed by atoms with Crippen LogP contribution in [0, 0.1) is 0 Å². The summed E-state index contributed by atoms with van der Waals surface area (Å²) in [5.41, 5.74) is 0.885. The van der Waals surface area contributed by atoms with Gasteiger partial charge in [-0.25, -0.2) is 0 Å². The zero-order chi connectivity index (χ0) is 25.8. The van der Waals surface area contributed by atoms with Gasteiger partial charge in [0.15, 0.2) is 0 Å². The molecule has 0 unspecified atom stereocenters. The molecular weight excluding hydrogens is 464 g/mol. The Balaban J connectivity index is 1.35. The van der Waals surface area contributed by atoms with Crippen molar-refractivity contribution in [1.82, 2.24) is 15.1 Å². The number of hydrogen-bond acceptors (Lipinski definition) is 4. The molecule has 1 N–H and O–H groups in total. The van der Waals surface area contributed by atoms with Crippen LogP contribution in [0.3, 0.4) is 0 Å². The molecule has 0 saturated carbocycles. The van der Waals surface area contributed by atoms with Gasteiger partial charge in [-0.15, -0.1) is 0 Å². The van der Waals surface area contributed by atoms with Crippen LogP contribution in [0.1, 0.15) is 43.0 Å². The minimum Gasteiger partial charge on any atom is -0.355 e. The molecule has 2 aliphatic heterocycles. The SMILES string of the molecule is CCCCNC(=O)CN1CN(c2ccccc2)C2(CCN(C(=O)c3cccc4ccccc34)CC2)C1=O. The topological polar surface area (TPSA) is 73.0 Å². The van der Waals surface area contributed by atoms with Crippen molar-refractivity contribution in [3.05, 3.63) is 78.4 Å². The van der Waals surface area contributed by atoms with E-state index in [0.717, 1.165) is 29.3 Å². The molecule has 0 aliphatic carbocycles. The van der Waals surface area contributed by atoms with Crippen LogP contribution in [0.5, 0.6) is 0 Å². The number of piperidine rings is 1. The Kier molecular flexibility index (Phi) is 7.12. The lowest BCUT2D eigenvalue weighted by Gasteiger charge is -2.43. The lowest BCUT2D eigenvalue weighted by molar-refractivity contribution is -0.137. The highest BCUT2D eigenvalue weighted by Gasteiger charge is 2.54. The van der Waals surface area contributed by atoms with E-state index in [-0.39, 0.29) is 24.3 Å². The fourth-order valence-corrected chi connectivity index (χ4v) is 5.62. The molecule has 3 amide bonds. The zero-order valence-corrected chi connectivity index (χ0v) is 21.4. The van der Waals surface area contributed by atoms with Crippen LogP contribution in [0.15, 0.2) is 72.8 Å². The largest absolute Gasteiger partial charge is 0.355 e. The van der Waals surface area contributed by atoms with Crippen LogP contribution in [-0.2, 0) is 9.59 Å². The normalized spacial score (nSPS) is 17.0. The molecular formula is C30H34N4O3. The van der Waals surface area contributed by atoms with Gasteiger partial charge in [0.05, 0.1) is 6.67 Å². The van der Waals surface area contributed by atoms with Crippen LogP contribution < -0.4 is 10.2 Å². The van der Waals surface area contributed by atoms with E-state index in [2.05, 4.69) is 17.1 Å². The summed E-state index contributed by atoms with van der Waals surface area (Å²) in [6, 6.07) is 23.6. The minimum atomic E-state index is -0.763. The highest BCUT2D eigenvalue weighted by atomic mass is 16.2. The van der Waals surface area contributed by atoms with E-state index in [9.17, 15) is 14.4 Å². The predicted molar refractivity (Wildman–Crippen MR) is 145 cm³/mol. The van der Waals surface area contributed by atoms with Crippen molar-refractivity contribution >= 4 is 34.2 Å². The number of anilines is 1. The molecule has 2 heterocycles. The Bertz CT molecular complexity index is 1280. The van der Waals surface area contributed by atoms with Crippen molar-refractivity contribution in [3.8, 4) is 0 Å². The molecule has 5 rings (SSSR count). The average Bonchev–Trinajstić information content (AvgIpc) is 3.19. The summed E-state index contributed by atoms with van der Waals surface area (Å²) in [6.07, 6.45) is 2.96. The maximum Gasteiger partial charge on any atom is 0.254 e. The molecule has 0 aromatic heterocycles. The Morgan fingerprint density at radius 2 is 1.62 bits per heavy atom. The quantitative estimate of drug-likeness (QED) is 0.499. The molecule has 3 aromatic carbocycles. The predicted octanol–water partition coefficient (Wildman–Crippen LogP) is 4.04. The first-order valence-electron chi connectivity index (χ1n) is 13.2. The number of hydrogen-bond donors (Lipinski definition) is 1. The first-order chi connectivity index (χ1) is 18.0. The summed E-state index contributed by atoms with van der Waals surface area (Å²) < 4.78 is 0. The second-order valence-corrected chi connectivity index (χ2v) is 9.96. The summed E-state index contributed by atoms with van der Waals surface area (Å²) in [5, 5.41) is 4.91. The maximum absolute atomic E-state index is 13.9. The summed E-state index contributed by atoms with van der Waals surface area (Å²) in [7, 11) is 0. The summed E-state index contributed by atoms with van der Waals surface area (Å²) in [6.45, 7) is 4.07. The zero-order valence-electron chi connectivity index (χ0n) is 21.4. The van der Waals surface area contributed by atoms with Crippen LogP contribution in [-0.4, -0.2) is 65.9 Å². The minimum absolute atomic E-state index is 0.00415. The monoisotopic (exact) mass is 498 g/mol. The number of fused-ring (bicyclic) bond motifs is 1. The molecule has 192 valence electrons. The van der Waals surface area contributed by atoms with E-state index >= 15 is 0 Å². The number of para-hydroxylation sites is 1. The molecule has 2 fully saturated rings. The maximum atomic E-state index is 13.9. The molecule has 2 aliphatic rings. The van der Waals surface area contributed by atoms with Crippen molar-refractivity contribution in [2.24, 2.45) is 0 Å². The second kappa shape index (κ2) is 10.6. The smallest absolute Gasteiger partial charge is 0.254 e. The van der Waals surface area contributed by atoms with Gasteiger partial charge in [0, 0.05) is 30.9 Å². The number of carbonyl (C=O) groups is 3. The van der Waals surface area contributed by atoms with Crippen molar-refractivity contribution in [3.63, 3.8) is 0 Å². The number of unbranched alkanes of at least 4 members (excludes halogenated alkanes) is 1. The van der Waals surface area contributed by atoms with Gasteiger partial charge in [0.25, 0.3) is 11.8 Å². The molecule has 37 heavy (non-hydrogen) atoms. The number of nitrogens with zero attached hydrogens (tertiary/aromatic N) is 3. The van der Waals surface area contributed by atoms with E-state index < -0.39 is 5.54 Å². The van der Waals surface area contributed by atoms with Gasteiger partial charge in [0.1, 0.15) is 12.1 Å². The average molecular weight is 499 g/mol. The number of amides is 3. The number of carbonyl (C=O) groups excluding carboxylic acids is 3. The summed E-state index contributed by atoms with van der Waals surface area (Å²) >= 11 is 0. The third kappa shape index (κ3) is 4.78. The third-order valence-electron chi connectivity index (χ3n) is 7.67. The molecule has 0 atom stereocenters. The van der Waals surface area contributed by atoms with Crippen LogP contribution >= 0.6 is 0 Å². The molecule has 1 spiro atoms. The van der Waals surface area contributed by atoms with Crippen molar-refractivity contribution in [2.45, 2.75) is 38.1 Å². The molecule has 0 radical (unpaired) electrons. The number of nitrogens with one attached hydrogen (secondary N) is 1. The van der Waals surface area contributed by atoms with Gasteiger partial charge in [-0.05, 0) is 48.2 Å². The van der Waals surface area contributed by atoms with Crippen LogP contribution in [0.2, 0.25) is 0 Å². The van der Waals surface area contributed by atoms with E-state index in [1.807, 2.05) is 77.7 Å². The summed E-state index contributed by atoms with van der Waals surface area (Å²) in [4.78, 5) is 45.6. The third-order valence-corrected chi connectivity index (χ3v) is 7.67. The van der Waals surface area contributed by atoms with Crippen molar-refractivity contribution in [1.29, 1.82) is 0 Å². The van der Waals surface area contributed by atoms with Gasteiger partial charge in [-0.2, -0.15) is 0 Å². The highest BCUT2D eigenvalue weighted by Crippen LogP contribution is 2.39. The van der Waals surface area contributed by atoms with Gasteiger partial charge < -0.3 is 20.0 Å². The molecule has 7 heteroatoms. The molecule has 7 nitrogen and oxygen atoms in total. The lowest BCUT2D eigenvalue weighted by atomic mass is 9.85. The van der Waals surface area contributed by atoms with Gasteiger partial charge in [-0.3, -0.25) is 14.4 Å². The number of rotatable bonds is 7. The van der Waals surface area contributed by atoms with Gasteiger partial charge in [-0.1, -0.05) is 67.9 Å². The Hall–Kier alpha value is -3.87. The molecule has 3 aromatic rings. The highest BCUT2D eigenvalue weighted by molar-refractivity contribution is 6.07. The van der Waals surface area contributed by atoms with E-state index in [1.165, 1.54) is 0 Å².